The van der Waals surface area contributed by atoms with Crippen molar-refractivity contribution < 1.29 is 26.8 Å². The van der Waals surface area contributed by atoms with E-state index in [4.69, 9.17) is 0 Å². The number of anilines is 2. The number of rotatable bonds is 7. The first-order chi connectivity index (χ1) is 13.1. The molecule has 0 saturated carbocycles. The molecular formula is C18H19F2N3O4S. The predicted octanol–water partition coefficient (Wildman–Crippen LogP) is 1.79. The molecule has 0 bridgehead atoms. The molecule has 0 unspecified atom stereocenters. The third-order valence-corrected chi connectivity index (χ3v) is 4.85. The molecule has 150 valence electrons. The van der Waals surface area contributed by atoms with Crippen molar-refractivity contribution >= 4 is 33.2 Å². The summed E-state index contributed by atoms with van der Waals surface area (Å²) in [5.74, 6) is -3.55. The minimum atomic E-state index is -3.74. The van der Waals surface area contributed by atoms with Crippen molar-refractivity contribution in [1.82, 2.24) is 5.32 Å². The van der Waals surface area contributed by atoms with E-state index in [0.29, 0.717) is 11.3 Å². The highest BCUT2D eigenvalue weighted by molar-refractivity contribution is 7.92. The molecule has 0 heterocycles. The fourth-order valence-electron chi connectivity index (χ4n) is 2.37. The number of hydrogen-bond donors (Lipinski definition) is 2. The van der Waals surface area contributed by atoms with E-state index in [1.807, 2.05) is 0 Å². The smallest absolute Gasteiger partial charge is 0.243 e. The SMILES string of the molecule is Cc1ccccc1N(CC(=O)NCC(=O)Nc1ccc(F)c(F)c1)S(C)(=O)=O. The summed E-state index contributed by atoms with van der Waals surface area (Å²) in [6.45, 7) is 0.728. The average molecular weight is 411 g/mol. The summed E-state index contributed by atoms with van der Waals surface area (Å²) in [4.78, 5) is 24.0. The molecule has 2 rings (SSSR count). The van der Waals surface area contributed by atoms with Gasteiger partial charge in [0, 0.05) is 11.8 Å². The fourth-order valence-corrected chi connectivity index (χ4v) is 3.28. The van der Waals surface area contributed by atoms with Crippen LogP contribution in [0.5, 0.6) is 0 Å². The summed E-state index contributed by atoms with van der Waals surface area (Å²) in [6.07, 6.45) is 0.975. The molecule has 0 aromatic heterocycles. The first-order valence-corrected chi connectivity index (χ1v) is 9.97. The molecule has 0 aliphatic rings. The van der Waals surface area contributed by atoms with Crippen LogP contribution in [0, 0.1) is 18.6 Å². The van der Waals surface area contributed by atoms with E-state index >= 15 is 0 Å². The number of para-hydroxylation sites is 1. The molecule has 0 saturated heterocycles. The summed E-state index contributed by atoms with van der Waals surface area (Å²) in [5, 5.41) is 4.59. The summed E-state index contributed by atoms with van der Waals surface area (Å²) in [7, 11) is -3.74. The first kappa shape index (κ1) is 21.3. The zero-order chi connectivity index (χ0) is 20.9. The van der Waals surface area contributed by atoms with Gasteiger partial charge in [0.05, 0.1) is 18.5 Å². The van der Waals surface area contributed by atoms with Crippen LogP contribution in [0.4, 0.5) is 20.2 Å². The lowest BCUT2D eigenvalue weighted by molar-refractivity contribution is -0.123. The van der Waals surface area contributed by atoms with Crippen molar-refractivity contribution in [2.24, 2.45) is 0 Å². The molecule has 0 fully saturated rings. The lowest BCUT2D eigenvalue weighted by Gasteiger charge is -2.23. The number of sulfonamides is 1. The second-order valence-electron chi connectivity index (χ2n) is 6.01. The van der Waals surface area contributed by atoms with Crippen LogP contribution in [-0.4, -0.2) is 39.6 Å². The number of aryl methyl sites for hydroxylation is 1. The quantitative estimate of drug-likeness (QED) is 0.726. The first-order valence-electron chi connectivity index (χ1n) is 8.13. The van der Waals surface area contributed by atoms with Gasteiger partial charge in [0.15, 0.2) is 11.6 Å². The maximum absolute atomic E-state index is 13.1. The Bertz CT molecular complexity index is 996. The van der Waals surface area contributed by atoms with Gasteiger partial charge in [-0.25, -0.2) is 17.2 Å². The van der Waals surface area contributed by atoms with Crippen molar-refractivity contribution in [3.63, 3.8) is 0 Å². The zero-order valence-corrected chi connectivity index (χ0v) is 16.0. The maximum Gasteiger partial charge on any atom is 0.243 e. The van der Waals surface area contributed by atoms with Gasteiger partial charge >= 0.3 is 0 Å². The number of amides is 2. The number of nitrogens with one attached hydrogen (secondary N) is 2. The Kier molecular flexibility index (Phi) is 6.68. The number of carbonyl (C=O) groups is 2. The second-order valence-corrected chi connectivity index (χ2v) is 7.92. The monoisotopic (exact) mass is 411 g/mol. The molecule has 0 aliphatic carbocycles. The van der Waals surface area contributed by atoms with Crippen molar-refractivity contribution in [2.45, 2.75) is 6.92 Å². The molecule has 0 atom stereocenters. The van der Waals surface area contributed by atoms with Gasteiger partial charge in [-0.1, -0.05) is 18.2 Å². The van der Waals surface area contributed by atoms with E-state index < -0.39 is 46.6 Å². The van der Waals surface area contributed by atoms with Gasteiger partial charge in [0.1, 0.15) is 6.54 Å². The van der Waals surface area contributed by atoms with E-state index in [1.54, 1.807) is 31.2 Å². The summed E-state index contributed by atoms with van der Waals surface area (Å²) >= 11 is 0. The number of benzene rings is 2. The van der Waals surface area contributed by atoms with Gasteiger partial charge in [-0.15, -0.1) is 0 Å². The average Bonchev–Trinajstić information content (AvgIpc) is 2.61. The van der Waals surface area contributed by atoms with E-state index in [2.05, 4.69) is 10.6 Å². The molecule has 0 aliphatic heterocycles. The van der Waals surface area contributed by atoms with Gasteiger partial charge in [-0.3, -0.25) is 13.9 Å². The Morgan fingerprint density at radius 1 is 1.04 bits per heavy atom. The molecule has 0 spiro atoms. The van der Waals surface area contributed by atoms with Gasteiger partial charge in [-0.2, -0.15) is 0 Å². The molecule has 10 heteroatoms. The van der Waals surface area contributed by atoms with Crippen LogP contribution in [0.1, 0.15) is 5.56 Å². The summed E-state index contributed by atoms with van der Waals surface area (Å²) in [5.41, 5.74) is 1.04. The van der Waals surface area contributed by atoms with Crippen LogP contribution in [-0.2, 0) is 19.6 Å². The van der Waals surface area contributed by atoms with E-state index in [1.165, 1.54) is 6.07 Å². The molecule has 2 amide bonds. The van der Waals surface area contributed by atoms with Crippen molar-refractivity contribution in [2.75, 3.05) is 29.0 Å². The number of hydrogen-bond acceptors (Lipinski definition) is 4. The molecule has 28 heavy (non-hydrogen) atoms. The molecule has 2 aromatic carbocycles. The number of nitrogens with zero attached hydrogens (tertiary/aromatic N) is 1. The van der Waals surface area contributed by atoms with E-state index in [0.717, 1.165) is 22.7 Å². The molecule has 0 radical (unpaired) electrons. The Morgan fingerprint density at radius 2 is 1.71 bits per heavy atom. The third-order valence-electron chi connectivity index (χ3n) is 3.72. The predicted molar refractivity (Wildman–Crippen MR) is 101 cm³/mol. The summed E-state index contributed by atoms with van der Waals surface area (Å²) < 4.78 is 51.1. The van der Waals surface area contributed by atoms with E-state index in [-0.39, 0.29) is 5.69 Å². The highest BCUT2D eigenvalue weighted by Crippen LogP contribution is 2.21. The largest absolute Gasteiger partial charge is 0.345 e. The summed E-state index contributed by atoms with van der Waals surface area (Å²) in [6, 6.07) is 9.49. The third kappa shape index (κ3) is 5.74. The van der Waals surface area contributed by atoms with Crippen LogP contribution in [0.25, 0.3) is 0 Å². The maximum atomic E-state index is 13.1. The normalized spacial score (nSPS) is 11.0. The molecule has 2 aromatic rings. The Morgan fingerprint density at radius 3 is 2.32 bits per heavy atom. The highest BCUT2D eigenvalue weighted by Gasteiger charge is 2.22. The lowest BCUT2D eigenvalue weighted by Crippen LogP contribution is -2.42. The van der Waals surface area contributed by atoms with Gasteiger partial charge in [-0.05, 0) is 30.7 Å². The Hall–Kier alpha value is -3.01. The van der Waals surface area contributed by atoms with E-state index in [9.17, 15) is 26.8 Å². The van der Waals surface area contributed by atoms with Crippen LogP contribution in [0.15, 0.2) is 42.5 Å². The second kappa shape index (κ2) is 8.79. The van der Waals surface area contributed by atoms with Gasteiger partial charge in [0.25, 0.3) is 0 Å². The van der Waals surface area contributed by atoms with Crippen LogP contribution in [0.2, 0.25) is 0 Å². The zero-order valence-electron chi connectivity index (χ0n) is 15.2. The van der Waals surface area contributed by atoms with Crippen LogP contribution in [0.3, 0.4) is 0 Å². The van der Waals surface area contributed by atoms with Crippen molar-refractivity contribution in [1.29, 1.82) is 0 Å². The molecule has 7 nitrogen and oxygen atoms in total. The van der Waals surface area contributed by atoms with Gasteiger partial charge in [0.2, 0.25) is 21.8 Å². The Labute approximate surface area is 161 Å². The highest BCUT2D eigenvalue weighted by atomic mass is 32.2. The van der Waals surface area contributed by atoms with Crippen LogP contribution >= 0.6 is 0 Å². The standard InChI is InChI=1S/C18H19F2N3O4S/c1-12-5-3-4-6-16(12)23(28(2,26)27)11-18(25)21-10-17(24)22-13-7-8-14(19)15(20)9-13/h3-9H,10-11H2,1-2H3,(H,21,25)(H,22,24). The minimum absolute atomic E-state index is 0.0239. The van der Waals surface area contributed by atoms with Gasteiger partial charge < -0.3 is 10.6 Å². The topological polar surface area (TPSA) is 95.6 Å². The molecule has 2 N–H and O–H groups in total. The number of carbonyl (C=O) groups excluding carboxylic acids is 2. The minimum Gasteiger partial charge on any atom is -0.345 e. The molecular weight excluding hydrogens is 392 g/mol. The van der Waals surface area contributed by atoms with Crippen LogP contribution < -0.4 is 14.9 Å². The lowest BCUT2D eigenvalue weighted by atomic mass is 10.2. The van der Waals surface area contributed by atoms with Crippen molar-refractivity contribution in [3.8, 4) is 0 Å². The van der Waals surface area contributed by atoms with Crippen molar-refractivity contribution in [3.05, 3.63) is 59.7 Å². The fraction of sp³-hybridized carbons (Fsp3) is 0.222. The Balaban J connectivity index is 1.98. The number of halogens is 2.